The van der Waals surface area contributed by atoms with Crippen LogP contribution in [0, 0.1) is 13.8 Å². The Morgan fingerprint density at radius 1 is 1.15 bits per heavy atom. The van der Waals surface area contributed by atoms with E-state index >= 15 is 0 Å². The van der Waals surface area contributed by atoms with Crippen molar-refractivity contribution in [2.45, 2.75) is 58.5 Å². The Kier molecular flexibility index (Phi) is 6.68. The van der Waals surface area contributed by atoms with Crippen LogP contribution in [0.3, 0.4) is 0 Å². The minimum atomic E-state index is 0.193. The summed E-state index contributed by atoms with van der Waals surface area (Å²) in [6.45, 7) is 7.84. The third-order valence-electron chi connectivity index (χ3n) is 5.77. The Hall–Kier alpha value is -2.13. The van der Waals surface area contributed by atoms with Crippen LogP contribution in [0.5, 0.6) is 0 Å². The van der Waals surface area contributed by atoms with Gasteiger partial charge in [-0.25, -0.2) is 0 Å². The highest BCUT2D eigenvalue weighted by molar-refractivity contribution is 5.73. The van der Waals surface area contributed by atoms with Gasteiger partial charge >= 0.3 is 0 Å². The van der Waals surface area contributed by atoms with Crippen molar-refractivity contribution in [2.24, 2.45) is 0 Å². The van der Waals surface area contributed by atoms with Gasteiger partial charge in [0.1, 0.15) is 0 Å². The van der Waals surface area contributed by atoms with Crippen molar-refractivity contribution in [3.63, 3.8) is 0 Å². The van der Waals surface area contributed by atoms with E-state index in [1.165, 1.54) is 22.3 Å². The molecule has 0 aliphatic carbocycles. The molecule has 1 N–H and O–H groups in total. The number of likely N-dealkylation sites (tertiary alicyclic amines) is 1. The molecule has 0 unspecified atom stereocenters. The van der Waals surface area contributed by atoms with Crippen LogP contribution in [0.15, 0.2) is 48.5 Å². The SMILES string of the molecule is CC(=O)N1CCC[C@H](NCCc2ccccc2C)[C@@H]1Cc1cccc(C)c1. The molecule has 3 nitrogen and oxygen atoms in total. The number of piperidine rings is 1. The Morgan fingerprint density at radius 2 is 1.96 bits per heavy atom. The number of amides is 1. The van der Waals surface area contributed by atoms with E-state index in [1.54, 1.807) is 6.92 Å². The number of benzene rings is 2. The molecule has 0 spiro atoms. The van der Waals surface area contributed by atoms with Crippen molar-refractivity contribution >= 4 is 5.91 Å². The number of nitrogens with one attached hydrogen (secondary N) is 1. The zero-order valence-electron chi connectivity index (χ0n) is 16.9. The summed E-state index contributed by atoms with van der Waals surface area (Å²) in [4.78, 5) is 14.3. The van der Waals surface area contributed by atoms with Crippen LogP contribution in [0.2, 0.25) is 0 Å². The Bertz CT molecular complexity index is 770. The fraction of sp³-hybridized carbons (Fsp3) is 0.458. The molecular formula is C24H32N2O. The van der Waals surface area contributed by atoms with Gasteiger partial charge in [0.2, 0.25) is 5.91 Å². The van der Waals surface area contributed by atoms with Crippen molar-refractivity contribution in [1.82, 2.24) is 10.2 Å². The number of carbonyl (C=O) groups is 1. The van der Waals surface area contributed by atoms with Gasteiger partial charge in [0, 0.05) is 19.5 Å². The van der Waals surface area contributed by atoms with Gasteiger partial charge in [-0.15, -0.1) is 0 Å². The van der Waals surface area contributed by atoms with Gasteiger partial charge in [-0.1, -0.05) is 54.1 Å². The van der Waals surface area contributed by atoms with E-state index in [2.05, 4.69) is 72.6 Å². The van der Waals surface area contributed by atoms with Crippen LogP contribution < -0.4 is 5.32 Å². The van der Waals surface area contributed by atoms with Crippen LogP contribution in [0.1, 0.15) is 42.0 Å². The van der Waals surface area contributed by atoms with Crippen molar-refractivity contribution in [3.8, 4) is 0 Å². The van der Waals surface area contributed by atoms with E-state index in [0.29, 0.717) is 6.04 Å². The van der Waals surface area contributed by atoms with Gasteiger partial charge in [-0.05, 0) is 62.8 Å². The number of aryl methyl sites for hydroxylation is 2. The summed E-state index contributed by atoms with van der Waals surface area (Å²) in [7, 11) is 0. The lowest BCUT2D eigenvalue weighted by molar-refractivity contribution is -0.133. The summed E-state index contributed by atoms with van der Waals surface area (Å²) < 4.78 is 0. The molecule has 1 fully saturated rings. The maximum absolute atomic E-state index is 12.2. The van der Waals surface area contributed by atoms with Crippen molar-refractivity contribution in [1.29, 1.82) is 0 Å². The van der Waals surface area contributed by atoms with Crippen molar-refractivity contribution in [3.05, 3.63) is 70.8 Å². The van der Waals surface area contributed by atoms with Crippen molar-refractivity contribution in [2.75, 3.05) is 13.1 Å². The highest BCUT2D eigenvalue weighted by atomic mass is 16.2. The molecule has 3 rings (SSSR count). The van der Waals surface area contributed by atoms with Crippen LogP contribution >= 0.6 is 0 Å². The van der Waals surface area contributed by atoms with Gasteiger partial charge in [-0.3, -0.25) is 4.79 Å². The average molecular weight is 365 g/mol. The van der Waals surface area contributed by atoms with Gasteiger partial charge in [0.05, 0.1) is 6.04 Å². The summed E-state index contributed by atoms with van der Waals surface area (Å²) in [5.74, 6) is 0.193. The van der Waals surface area contributed by atoms with Gasteiger partial charge < -0.3 is 10.2 Å². The lowest BCUT2D eigenvalue weighted by Gasteiger charge is -2.41. The first-order valence-corrected chi connectivity index (χ1v) is 10.2. The molecule has 0 saturated carbocycles. The van der Waals surface area contributed by atoms with E-state index in [9.17, 15) is 4.79 Å². The molecule has 2 aromatic carbocycles. The number of hydrogen-bond donors (Lipinski definition) is 1. The van der Waals surface area contributed by atoms with Crippen LogP contribution in [0.4, 0.5) is 0 Å². The monoisotopic (exact) mass is 364 g/mol. The third-order valence-corrected chi connectivity index (χ3v) is 5.77. The highest BCUT2D eigenvalue weighted by Gasteiger charge is 2.32. The van der Waals surface area contributed by atoms with Gasteiger partial charge in [-0.2, -0.15) is 0 Å². The standard InChI is InChI=1S/C24H32N2O/c1-18-8-6-10-21(16-18)17-24-23(12-7-15-26(24)20(3)27)25-14-13-22-11-5-4-9-19(22)2/h4-6,8-11,16,23-25H,7,12-15,17H2,1-3H3/t23-,24-/m0/s1. The molecule has 1 amide bonds. The number of carbonyl (C=O) groups excluding carboxylic acids is 1. The van der Waals surface area contributed by atoms with Crippen LogP contribution in [-0.4, -0.2) is 36.0 Å². The third kappa shape index (κ3) is 5.20. The van der Waals surface area contributed by atoms with Crippen molar-refractivity contribution < 1.29 is 4.79 Å². The quantitative estimate of drug-likeness (QED) is 0.838. The predicted molar refractivity (Wildman–Crippen MR) is 112 cm³/mol. The highest BCUT2D eigenvalue weighted by Crippen LogP contribution is 2.22. The molecule has 2 aromatic rings. The summed E-state index contributed by atoms with van der Waals surface area (Å²) in [6, 6.07) is 17.9. The number of rotatable bonds is 6. The molecule has 144 valence electrons. The number of hydrogen-bond acceptors (Lipinski definition) is 2. The van der Waals surface area contributed by atoms with E-state index in [4.69, 9.17) is 0 Å². The van der Waals surface area contributed by atoms with Gasteiger partial charge in [0.25, 0.3) is 0 Å². The Morgan fingerprint density at radius 3 is 2.70 bits per heavy atom. The lowest BCUT2D eigenvalue weighted by Crippen LogP contribution is -2.56. The molecule has 0 aromatic heterocycles. The van der Waals surface area contributed by atoms with E-state index < -0.39 is 0 Å². The van der Waals surface area contributed by atoms with Crippen LogP contribution in [0.25, 0.3) is 0 Å². The Labute approximate surface area is 163 Å². The molecule has 2 atom stereocenters. The van der Waals surface area contributed by atoms with Gasteiger partial charge in [0.15, 0.2) is 0 Å². The molecule has 1 saturated heterocycles. The van der Waals surface area contributed by atoms with E-state index in [-0.39, 0.29) is 11.9 Å². The summed E-state index contributed by atoms with van der Waals surface area (Å²) >= 11 is 0. The topological polar surface area (TPSA) is 32.3 Å². The largest absolute Gasteiger partial charge is 0.338 e. The Balaban J connectivity index is 1.68. The minimum absolute atomic E-state index is 0.193. The normalized spacial score (nSPS) is 19.9. The van der Waals surface area contributed by atoms with Crippen LogP contribution in [-0.2, 0) is 17.6 Å². The van der Waals surface area contributed by atoms with E-state index in [0.717, 1.165) is 38.8 Å². The predicted octanol–water partition coefficient (Wildman–Crippen LogP) is 4.06. The zero-order valence-corrected chi connectivity index (χ0v) is 16.9. The number of nitrogens with zero attached hydrogens (tertiary/aromatic N) is 1. The zero-order chi connectivity index (χ0) is 19.2. The minimum Gasteiger partial charge on any atom is -0.338 e. The smallest absolute Gasteiger partial charge is 0.219 e. The second-order valence-corrected chi connectivity index (χ2v) is 7.85. The second-order valence-electron chi connectivity index (χ2n) is 7.85. The van der Waals surface area contributed by atoms with E-state index in [1.807, 2.05) is 0 Å². The molecular weight excluding hydrogens is 332 g/mol. The maximum Gasteiger partial charge on any atom is 0.219 e. The maximum atomic E-state index is 12.2. The average Bonchev–Trinajstić information content (AvgIpc) is 2.64. The molecule has 0 radical (unpaired) electrons. The molecule has 1 heterocycles. The lowest BCUT2D eigenvalue weighted by atomic mass is 9.90. The first-order valence-electron chi connectivity index (χ1n) is 10.2. The molecule has 0 bridgehead atoms. The fourth-order valence-electron chi connectivity index (χ4n) is 4.30. The molecule has 27 heavy (non-hydrogen) atoms. The summed E-state index contributed by atoms with van der Waals surface area (Å²) in [5.41, 5.74) is 5.35. The summed E-state index contributed by atoms with van der Waals surface area (Å²) in [5, 5.41) is 3.77. The first-order chi connectivity index (χ1) is 13.0. The molecule has 1 aliphatic heterocycles. The fourth-order valence-corrected chi connectivity index (χ4v) is 4.30. The molecule has 3 heteroatoms. The molecule has 1 aliphatic rings. The second kappa shape index (κ2) is 9.18. The first kappa shape index (κ1) is 19.6. The summed E-state index contributed by atoms with van der Waals surface area (Å²) in [6.07, 6.45) is 4.16.